The van der Waals surface area contributed by atoms with Crippen LogP contribution in [-0.2, 0) is 16.1 Å². The Bertz CT molecular complexity index is 510. The molecule has 0 unspecified atom stereocenters. The Morgan fingerprint density at radius 3 is 2.52 bits per heavy atom. The minimum absolute atomic E-state index is 0.133. The molecule has 1 aromatic rings. The van der Waals surface area contributed by atoms with Crippen LogP contribution in [0.25, 0.3) is 0 Å². The summed E-state index contributed by atoms with van der Waals surface area (Å²) in [6.45, 7) is 8.35. The summed E-state index contributed by atoms with van der Waals surface area (Å²) in [7, 11) is 0. The zero-order valence-electron chi connectivity index (χ0n) is 14.2. The minimum Gasteiger partial charge on any atom is -0.368 e. The number of hydrogen-bond donors (Lipinski definition) is 0. The van der Waals surface area contributed by atoms with E-state index < -0.39 is 0 Å². The average Bonchev–Trinajstić information content (AvgIpc) is 3.18. The normalized spacial score (nSPS) is 20.3. The molecule has 0 atom stereocenters. The molecule has 2 aliphatic rings. The van der Waals surface area contributed by atoms with Crippen molar-refractivity contribution in [3.05, 3.63) is 17.0 Å². The Morgan fingerprint density at radius 2 is 1.91 bits per heavy atom. The van der Waals surface area contributed by atoms with E-state index in [1.54, 1.807) is 0 Å². The van der Waals surface area contributed by atoms with Gasteiger partial charge in [0.15, 0.2) is 0 Å². The number of carbonyl (C=O) groups excluding carboxylic acids is 1. The lowest BCUT2D eigenvalue weighted by molar-refractivity contribution is -0.139. The van der Waals surface area contributed by atoms with E-state index in [4.69, 9.17) is 9.26 Å². The first-order valence-corrected chi connectivity index (χ1v) is 8.67. The molecule has 128 valence electrons. The summed E-state index contributed by atoms with van der Waals surface area (Å²) in [6, 6.07) is 0. The van der Waals surface area contributed by atoms with E-state index in [1.165, 1.54) is 18.4 Å². The van der Waals surface area contributed by atoms with Crippen LogP contribution < -0.4 is 0 Å². The van der Waals surface area contributed by atoms with Crippen molar-refractivity contribution in [3.8, 4) is 0 Å². The maximum absolute atomic E-state index is 12.2. The lowest BCUT2D eigenvalue weighted by Gasteiger charge is -2.34. The van der Waals surface area contributed by atoms with Gasteiger partial charge < -0.3 is 14.2 Å². The molecule has 23 heavy (non-hydrogen) atoms. The van der Waals surface area contributed by atoms with Gasteiger partial charge in [-0.1, -0.05) is 18.0 Å². The number of aromatic nitrogens is 1. The van der Waals surface area contributed by atoms with Crippen molar-refractivity contribution in [2.75, 3.05) is 32.8 Å². The highest BCUT2D eigenvalue weighted by atomic mass is 16.5. The van der Waals surface area contributed by atoms with Crippen LogP contribution in [0.4, 0.5) is 0 Å². The smallest absolute Gasteiger partial charge is 0.248 e. The Balaban J connectivity index is 1.42. The second-order valence-electron chi connectivity index (χ2n) is 6.68. The van der Waals surface area contributed by atoms with Gasteiger partial charge in [-0.05, 0) is 26.7 Å². The van der Waals surface area contributed by atoms with Crippen molar-refractivity contribution in [1.82, 2.24) is 15.0 Å². The highest BCUT2D eigenvalue weighted by Crippen LogP contribution is 2.21. The fourth-order valence-electron chi connectivity index (χ4n) is 3.44. The quantitative estimate of drug-likeness (QED) is 0.829. The van der Waals surface area contributed by atoms with Crippen LogP contribution >= 0.6 is 0 Å². The fraction of sp³-hybridized carbons (Fsp3) is 0.765. The Hall–Kier alpha value is -1.40. The molecule has 0 spiro atoms. The summed E-state index contributed by atoms with van der Waals surface area (Å²) in [5.74, 6) is 1.03. The fourth-order valence-corrected chi connectivity index (χ4v) is 3.44. The predicted octanol–water partition coefficient (Wildman–Crippen LogP) is 1.89. The van der Waals surface area contributed by atoms with Gasteiger partial charge in [-0.3, -0.25) is 9.69 Å². The average molecular weight is 321 g/mol. The summed E-state index contributed by atoms with van der Waals surface area (Å²) >= 11 is 0. The number of ether oxygens (including phenoxy) is 1. The van der Waals surface area contributed by atoms with Crippen LogP contribution in [0, 0.1) is 13.8 Å². The first-order valence-electron chi connectivity index (χ1n) is 8.67. The number of nitrogens with zero attached hydrogens (tertiary/aromatic N) is 3. The Morgan fingerprint density at radius 1 is 1.22 bits per heavy atom. The molecular weight excluding hydrogens is 294 g/mol. The van der Waals surface area contributed by atoms with Gasteiger partial charge in [0.1, 0.15) is 12.4 Å². The summed E-state index contributed by atoms with van der Waals surface area (Å²) in [6.07, 6.45) is 5.00. The van der Waals surface area contributed by atoms with E-state index in [0.29, 0.717) is 6.10 Å². The third-order valence-corrected chi connectivity index (χ3v) is 5.03. The van der Waals surface area contributed by atoms with E-state index in [9.17, 15) is 4.79 Å². The largest absolute Gasteiger partial charge is 0.368 e. The lowest BCUT2D eigenvalue weighted by Crippen LogP contribution is -2.49. The van der Waals surface area contributed by atoms with E-state index in [0.717, 1.165) is 57.0 Å². The van der Waals surface area contributed by atoms with E-state index in [-0.39, 0.29) is 12.5 Å². The molecule has 1 aliphatic carbocycles. The molecule has 1 aromatic heterocycles. The summed E-state index contributed by atoms with van der Waals surface area (Å²) < 4.78 is 11.0. The van der Waals surface area contributed by atoms with E-state index in [2.05, 4.69) is 10.1 Å². The van der Waals surface area contributed by atoms with Gasteiger partial charge in [-0.25, -0.2) is 0 Å². The molecule has 0 radical (unpaired) electrons. The molecule has 0 bridgehead atoms. The van der Waals surface area contributed by atoms with Gasteiger partial charge in [0.05, 0.1) is 11.8 Å². The second kappa shape index (κ2) is 7.45. The van der Waals surface area contributed by atoms with Crippen LogP contribution in [0.1, 0.15) is 42.7 Å². The minimum atomic E-state index is 0.133. The topological polar surface area (TPSA) is 58.8 Å². The van der Waals surface area contributed by atoms with E-state index >= 15 is 0 Å². The standard InChI is InChI=1S/C17H27N3O3/c1-13-16(14(2)23-18-13)11-19-7-9-20(10-8-19)17(21)12-22-15-5-3-4-6-15/h15H,3-12H2,1-2H3. The maximum atomic E-state index is 12.2. The number of rotatable bonds is 5. The highest BCUT2D eigenvalue weighted by molar-refractivity contribution is 5.77. The molecule has 1 saturated heterocycles. The van der Waals surface area contributed by atoms with Gasteiger partial charge in [0, 0.05) is 38.3 Å². The van der Waals surface area contributed by atoms with Crippen molar-refractivity contribution >= 4 is 5.91 Å². The van der Waals surface area contributed by atoms with Crippen molar-refractivity contribution in [3.63, 3.8) is 0 Å². The highest BCUT2D eigenvalue weighted by Gasteiger charge is 2.24. The third kappa shape index (κ3) is 4.12. The van der Waals surface area contributed by atoms with Crippen molar-refractivity contribution in [2.24, 2.45) is 0 Å². The number of aryl methyl sites for hydroxylation is 2. The Kier molecular flexibility index (Phi) is 5.33. The summed E-state index contributed by atoms with van der Waals surface area (Å²) in [5.41, 5.74) is 2.14. The van der Waals surface area contributed by atoms with E-state index in [1.807, 2.05) is 18.7 Å². The maximum Gasteiger partial charge on any atom is 0.248 e. The summed E-state index contributed by atoms with van der Waals surface area (Å²) in [4.78, 5) is 16.5. The van der Waals surface area contributed by atoms with Gasteiger partial charge >= 0.3 is 0 Å². The molecule has 6 nitrogen and oxygen atoms in total. The zero-order valence-corrected chi connectivity index (χ0v) is 14.2. The molecule has 1 aliphatic heterocycles. The Labute approximate surface area is 137 Å². The predicted molar refractivity (Wildman–Crippen MR) is 86.0 cm³/mol. The molecule has 0 aromatic carbocycles. The second-order valence-corrected chi connectivity index (χ2v) is 6.68. The number of amides is 1. The van der Waals surface area contributed by atoms with Gasteiger partial charge in [0.2, 0.25) is 5.91 Å². The lowest BCUT2D eigenvalue weighted by atomic mass is 10.2. The third-order valence-electron chi connectivity index (χ3n) is 5.03. The number of hydrogen-bond acceptors (Lipinski definition) is 5. The van der Waals surface area contributed by atoms with Crippen LogP contribution in [0.15, 0.2) is 4.52 Å². The molecule has 1 amide bonds. The molecule has 3 rings (SSSR count). The van der Waals surface area contributed by atoms with Gasteiger partial charge in [0.25, 0.3) is 0 Å². The first-order chi connectivity index (χ1) is 11.1. The first kappa shape index (κ1) is 16.5. The van der Waals surface area contributed by atoms with Crippen LogP contribution in [0.3, 0.4) is 0 Å². The van der Waals surface area contributed by atoms with Crippen molar-refractivity contribution in [1.29, 1.82) is 0 Å². The van der Waals surface area contributed by atoms with Crippen LogP contribution in [0.2, 0.25) is 0 Å². The molecule has 0 N–H and O–H groups in total. The van der Waals surface area contributed by atoms with Gasteiger partial charge in [-0.2, -0.15) is 0 Å². The monoisotopic (exact) mass is 321 g/mol. The summed E-state index contributed by atoms with van der Waals surface area (Å²) in [5, 5.41) is 4.00. The molecule has 2 fully saturated rings. The molecule has 6 heteroatoms. The van der Waals surface area contributed by atoms with Gasteiger partial charge in [-0.15, -0.1) is 0 Å². The van der Waals surface area contributed by atoms with Crippen LogP contribution in [-0.4, -0.2) is 59.8 Å². The molecular formula is C17H27N3O3. The van der Waals surface area contributed by atoms with Crippen molar-refractivity contribution < 1.29 is 14.1 Å². The molecule has 1 saturated carbocycles. The molecule has 2 heterocycles. The number of carbonyl (C=O) groups is 1. The van der Waals surface area contributed by atoms with Crippen LogP contribution in [0.5, 0.6) is 0 Å². The SMILES string of the molecule is Cc1noc(C)c1CN1CCN(C(=O)COC2CCCC2)CC1. The number of piperazine rings is 1. The van der Waals surface area contributed by atoms with Crippen molar-refractivity contribution in [2.45, 2.75) is 52.2 Å². The zero-order chi connectivity index (χ0) is 16.2.